The second-order valence-corrected chi connectivity index (χ2v) is 5.65. The van der Waals surface area contributed by atoms with Gasteiger partial charge in [0, 0.05) is 26.2 Å². The van der Waals surface area contributed by atoms with Crippen molar-refractivity contribution < 1.29 is 14.6 Å². The van der Waals surface area contributed by atoms with Crippen LogP contribution in [0.3, 0.4) is 0 Å². The number of morpholine rings is 1. The van der Waals surface area contributed by atoms with Crippen molar-refractivity contribution in [1.29, 1.82) is 0 Å². The van der Waals surface area contributed by atoms with Gasteiger partial charge in [-0.05, 0) is 25.0 Å². The Morgan fingerprint density at radius 2 is 1.90 bits per heavy atom. The Labute approximate surface area is 125 Å². The van der Waals surface area contributed by atoms with Gasteiger partial charge in [-0.15, -0.1) is 0 Å². The molecule has 0 saturated carbocycles. The Bertz CT molecular complexity index is 468. The molecule has 0 radical (unpaired) electrons. The highest BCUT2D eigenvalue weighted by atomic mass is 16.5. The van der Waals surface area contributed by atoms with E-state index in [1.807, 2.05) is 18.2 Å². The molecule has 1 saturated heterocycles. The Morgan fingerprint density at radius 1 is 1.29 bits per heavy atom. The van der Waals surface area contributed by atoms with Gasteiger partial charge in [-0.2, -0.15) is 0 Å². The number of aliphatic hydroxyl groups is 1. The molecule has 0 aromatic heterocycles. The fraction of sp³-hybridized carbons (Fsp3) is 0.562. The summed E-state index contributed by atoms with van der Waals surface area (Å²) in [4.78, 5) is 13.6. The van der Waals surface area contributed by atoms with Gasteiger partial charge < -0.3 is 15.2 Å². The third kappa shape index (κ3) is 4.81. The Balaban J connectivity index is 2.00. The molecular weight excluding hydrogens is 268 g/mol. The number of aliphatic hydroxyl groups excluding tert-OH is 1. The molecule has 1 aliphatic rings. The van der Waals surface area contributed by atoms with Crippen molar-refractivity contribution >= 4 is 5.91 Å². The Morgan fingerprint density at radius 3 is 2.52 bits per heavy atom. The number of ether oxygens (including phenoxy) is 1. The smallest absolute Gasteiger partial charge is 0.245 e. The number of rotatable bonds is 5. The molecule has 5 nitrogen and oxygen atoms in total. The number of hydrogen-bond donors (Lipinski definition) is 2. The molecule has 2 atom stereocenters. The third-order valence-electron chi connectivity index (χ3n) is 3.63. The van der Waals surface area contributed by atoms with Crippen LogP contribution >= 0.6 is 0 Å². The summed E-state index contributed by atoms with van der Waals surface area (Å²) in [5, 5.41) is 11.5. The van der Waals surface area contributed by atoms with Crippen LogP contribution in [0.1, 0.15) is 25.0 Å². The van der Waals surface area contributed by atoms with Gasteiger partial charge in [0.05, 0.1) is 12.2 Å². The van der Waals surface area contributed by atoms with E-state index in [1.165, 1.54) is 5.56 Å². The van der Waals surface area contributed by atoms with Crippen LogP contribution in [-0.2, 0) is 22.6 Å². The number of benzene rings is 1. The number of carbonyl (C=O) groups is 1. The van der Waals surface area contributed by atoms with Crippen LogP contribution in [0.2, 0.25) is 0 Å². The van der Waals surface area contributed by atoms with Gasteiger partial charge in [-0.1, -0.05) is 24.3 Å². The maximum atomic E-state index is 11.2. The zero-order valence-corrected chi connectivity index (χ0v) is 12.7. The van der Waals surface area contributed by atoms with Crippen molar-refractivity contribution in [3.8, 4) is 0 Å². The molecule has 1 heterocycles. The van der Waals surface area contributed by atoms with Crippen LogP contribution < -0.4 is 5.32 Å². The lowest BCUT2D eigenvalue weighted by Gasteiger charge is -2.35. The summed E-state index contributed by atoms with van der Waals surface area (Å²) in [6.45, 7) is 6.85. The van der Waals surface area contributed by atoms with Crippen LogP contribution in [0.15, 0.2) is 24.3 Å². The molecule has 2 rings (SSSR count). The van der Waals surface area contributed by atoms with Gasteiger partial charge in [-0.3, -0.25) is 9.69 Å². The third-order valence-corrected chi connectivity index (χ3v) is 3.63. The normalized spacial score (nSPS) is 23.0. The average Bonchev–Trinajstić information content (AvgIpc) is 2.45. The Hall–Kier alpha value is -1.43. The van der Waals surface area contributed by atoms with Crippen molar-refractivity contribution in [1.82, 2.24) is 10.2 Å². The molecule has 5 heteroatoms. The lowest BCUT2D eigenvalue weighted by Crippen LogP contribution is -2.45. The van der Waals surface area contributed by atoms with E-state index in [-0.39, 0.29) is 18.1 Å². The lowest BCUT2D eigenvalue weighted by molar-refractivity contribution is -0.123. The molecule has 1 amide bonds. The summed E-state index contributed by atoms with van der Waals surface area (Å²) in [6, 6.07) is 8.08. The Kier molecular flexibility index (Phi) is 5.73. The predicted molar refractivity (Wildman–Crippen MR) is 80.7 cm³/mol. The summed E-state index contributed by atoms with van der Waals surface area (Å²) in [5.74, 6) is -0.349. The van der Waals surface area contributed by atoms with Crippen molar-refractivity contribution in [2.75, 3.05) is 19.7 Å². The van der Waals surface area contributed by atoms with Crippen LogP contribution in [0.4, 0.5) is 0 Å². The SMILES string of the molecule is CC1CN(Cc2ccccc2CNC(=O)CO)CC(C)O1. The summed E-state index contributed by atoms with van der Waals surface area (Å²) in [5.41, 5.74) is 2.29. The highest BCUT2D eigenvalue weighted by Gasteiger charge is 2.22. The van der Waals surface area contributed by atoms with Gasteiger partial charge in [0.2, 0.25) is 5.91 Å². The molecule has 1 aliphatic heterocycles. The van der Waals surface area contributed by atoms with E-state index in [4.69, 9.17) is 9.84 Å². The van der Waals surface area contributed by atoms with Gasteiger partial charge in [0.1, 0.15) is 6.61 Å². The zero-order valence-electron chi connectivity index (χ0n) is 12.7. The topological polar surface area (TPSA) is 61.8 Å². The number of amides is 1. The van der Waals surface area contributed by atoms with Crippen LogP contribution in [0.5, 0.6) is 0 Å². The first kappa shape index (κ1) is 15.9. The number of carbonyl (C=O) groups excluding carboxylic acids is 1. The highest BCUT2D eigenvalue weighted by molar-refractivity contribution is 5.76. The minimum absolute atomic E-state index is 0.245. The van der Waals surface area contributed by atoms with Gasteiger partial charge in [-0.25, -0.2) is 0 Å². The monoisotopic (exact) mass is 292 g/mol. The van der Waals surface area contributed by atoms with Crippen LogP contribution in [-0.4, -0.2) is 47.8 Å². The summed E-state index contributed by atoms with van der Waals surface area (Å²) in [6.07, 6.45) is 0.491. The number of hydrogen-bond acceptors (Lipinski definition) is 4. The second kappa shape index (κ2) is 7.54. The first-order valence-corrected chi connectivity index (χ1v) is 7.40. The van der Waals surface area contributed by atoms with E-state index in [0.717, 1.165) is 25.2 Å². The standard InChI is InChI=1S/C16H24N2O3/c1-12-8-18(9-13(2)21-12)10-15-6-4-3-5-14(15)7-17-16(20)11-19/h3-6,12-13,19H,7-11H2,1-2H3,(H,17,20). The van der Waals surface area contributed by atoms with Gasteiger partial charge >= 0.3 is 0 Å². The first-order chi connectivity index (χ1) is 10.1. The molecule has 116 valence electrons. The minimum atomic E-state index is -0.472. The summed E-state index contributed by atoms with van der Waals surface area (Å²) < 4.78 is 5.75. The van der Waals surface area contributed by atoms with E-state index >= 15 is 0 Å². The zero-order chi connectivity index (χ0) is 15.2. The van der Waals surface area contributed by atoms with Crippen molar-refractivity contribution in [3.63, 3.8) is 0 Å². The molecule has 21 heavy (non-hydrogen) atoms. The fourth-order valence-electron chi connectivity index (χ4n) is 2.79. The minimum Gasteiger partial charge on any atom is -0.387 e. The maximum Gasteiger partial charge on any atom is 0.245 e. The van der Waals surface area contributed by atoms with Gasteiger partial charge in [0.15, 0.2) is 0 Å². The van der Waals surface area contributed by atoms with E-state index < -0.39 is 6.61 Å². The molecule has 2 unspecified atom stereocenters. The average molecular weight is 292 g/mol. The van der Waals surface area contributed by atoms with E-state index in [2.05, 4.69) is 30.1 Å². The largest absolute Gasteiger partial charge is 0.387 e. The van der Waals surface area contributed by atoms with E-state index in [1.54, 1.807) is 0 Å². The lowest BCUT2D eigenvalue weighted by atomic mass is 10.1. The van der Waals surface area contributed by atoms with Crippen molar-refractivity contribution in [2.45, 2.75) is 39.1 Å². The first-order valence-electron chi connectivity index (χ1n) is 7.40. The molecular formula is C16H24N2O3. The summed E-state index contributed by atoms with van der Waals surface area (Å²) >= 11 is 0. The maximum absolute atomic E-state index is 11.2. The molecule has 1 fully saturated rings. The van der Waals surface area contributed by atoms with Gasteiger partial charge in [0.25, 0.3) is 0 Å². The molecule has 1 aromatic rings. The van der Waals surface area contributed by atoms with E-state index in [9.17, 15) is 4.79 Å². The molecule has 1 aromatic carbocycles. The summed E-state index contributed by atoms with van der Waals surface area (Å²) in [7, 11) is 0. The number of nitrogens with zero attached hydrogens (tertiary/aromatic N) is 1. The fourth-order valence-corrected chi connectivity index (χ4v) is 2.79. The molecule has 0 spiro atoms. The van der Waals surface area contributed by atoms with Crippen LogP contribution in [0.25, 0.3) is 0 Å². The van der Waals surface area contributed by atoms with Crippen molar-refractivity contribution in [3.05, 3.63) is 35.4 Å². The van der Waals surface area contributed by atoms with Crippen molar-refractivity contribution in [2.24, 2.45) is 0 Å². The molecule has 0 bridgehead atoms. The quantitative estimate of drug-likeness (QED) is 0.846. The van der Waals surface area contributed by atoms with Crippen LogP contribution in [0, 0.1) is 0 Å². The van der Waals surface area contributed by atoms with E-state index in [0.29, 0.717) is 6.54 Å². The highest BCUT2D eigenvalue weighted by Crippen LogP contribution is 2.16. The molecule has 0 aliphatic carbocycles. The predicted octanol–water partition coefficient (Wildman–Crippen LogP) is 0.904. The molecule has 2 N–H and O–H groups in total. The number of nitrogens with one attached hydrogen (secondary N) is 1. The second-order valence-electron chi connectivity index (χ2n) is 5.65.